The van der Waals surface area contributed by atoms with E-state index in [4.69, 9.17) is 34.8 Å². The maximum atomic E-state index is 13.0. The van der Waals surface area contributed by atoms with Gasteiger partial charge in [-0.1, -0.05) is 34.8 Å². The fraction of sp³-hybridized carbons (Fsp3) is 0.294. The third-order valence-corrected chi connectivity index (χ3v) is 4.62. The molecule has 1 aromatic heterocycles. The maximum absolute atomic E-state index is 13.0. The van der Waals surface area contributed by atoms with Gasteiger partial charge in [-0.05, 0) is 36.8 Å². The Hall–Kier alpha value is -1.58. The second kappa shape index (κ2) is 8.84. The van der Waals surface area contributed by atoms with Crippen molar-refractivity contribution in [3.8, 4) is 0 Å². The van der Waals surface area contributed by atoms with Crippen LogP contribution < -0.4 is 10.6 Å². The molecule has 1 unspecified atom stereocenters. The lowest BCUT2D eigenvalue weighted by Crippen LogP contribution is -2.39. The van der Waals surface area contributed by atoms with Gasteiger partial charge in [0.25, 0.3) is 0 Å². The van der Waals surface area contributed by atoms with Crippen LogP contribution in [0.5, 0.6) is 0 Å². The van der Waals surface area contributed by atoms with E-state index in [1.165, 1.54) is 6.20 Å². The standard InChI is InChI=1S/C17H15Cl3F3N3O2/c1-16(28,17(21,22)23)9-4-12(19)15(13(20)5-9)26-14(27)8-24-7-11-3-2-10(18)6-25-11/h2-6,24,28H,7-8H2,1H3,(H,26,27). The molecule has 0 aliphatic rings. The fourth-order valence-electron chi connectivity index (χ4n) is 2.14. The van der Waals surface area contributed by atoms with Gasteiger partial charge in [-0.2, -0.15) is 13.2 Å². The van der Waals surface area contributed by atoms with Gasteiger partial charge >= 0.3 is 6.18 Å². The highest BCUT2D eigenvalue weighted by Crippen LogP contribution is 2.42. The normalized spacial score (nSPS) is 13.9. The van der Waals surface area contributed by atoms with Crippen LogP contribution in [0.15, 0.2) is 30.5 Å². The zero-order chi connectivity index (χ0) is 21.1. The minimum Gasteiger partial charge on any atom is -0.376 e. The van der Waals surface area contributed by atoms with Crippen LogP contribution in [0.3, 0.4) is 0 Å². The smallest absolute Gasteiger partial charge is 0.376 e. The molecule has 3 N–H and O–H groups in total. The molecular weight excluding hydrogens is 442 g/mol. The van der Waals surface area contributed by atoms with Gasteiger partial charge in [0, 0.05) is 12.7 Å². The second-order valence-electron chi connectivity index (χ2n) is 6.00. The molecule has 0 aliphatic heterocycles. The van der Waals surface area contributed by atoms with E-state index in [1.54, 1.807) is 12.1 Å². The van der Waals surface area contributed by atoms with Crippen LogP contribution in [0.1, 0.15) is 18.2 Å². The molecule has 152 valence electrons. The average Bonchev–Trinajstić information content (AvgIpc) is 2.58. The number of alkyl halides is 3. The van der Waals surface area contributed by atoms with Crippen molar-refractivity contribution in [2.24, 2.45) is 0 Å². The average molecular weight is 457 g/mol. The molecule has 0 saturated carbocycles. The molecule has 0 spiro atoms. The summed E-state index contributed by atoms with van der Waals surface area (Å²) < 4.78 is 38.9. The Morgan fingerprint density at radius 2 is 1.79 bits per heavy atom. The van der Waals surface area contributed by atoms with Crippen molar-refractivity contribution in [1.29, 1.82) is 0 Å². The first-order chi connectivity index (χ1) is 12.9. The molecule has 0 fully saturated rings. The summed E-state index contributed by atoms with van der Waals surface area (Å²) in [6.07, 6.45) is -3.46. The summed E-state index contributed by atoms with van der Waals surface area (Å²) in [7, 11) is 0. The van der Waals surface area contributed by atoms with E-state index in [2.05, 4.69) is 15.6 Å². The Morgan fingerprint density at radius 3 is 2.29 bits per heavy atom. The first-order valence-corrected chi connectivity index (χ1v) is 8.95. The van der Waals surface area contributed by atoms with Gasteiger partial charge in [0.15, 0.2) is 5.60 Å². The SMILES string of the molecule is CC(O)(c1cc(Cl)c(NC(=O)CNCc2ccc(Cl)cn2)c(Cl)c1)C(F)(F)F. The highest BCUT2D eigenvalue weighted by atomic mass is 35.5. The van der Waals surface area contributed by atoms with Crippen LogP contribution in [0, 0.1) is 0 Å². The number of nitrogens with zero attached hydrogens (tertiary/aromatic N) is 1. The summed E-state index contributed by atoms with van der Waals surface area (Å²) in [6, 6.07) is 5.15. The number of halogens is 6. The van der Waals surface area contributed by atoms with E-state index in [9.17, 15) is 23.1 Å². The number of carbonyl (C=O) groups excluding carboxylic acids is 1. The molecule has 1 amide bonds. The van der Waals surface area contributed by atoms with Crippen molar-refractivity contribution >= 4 is 46.4 Å². The van der Waals surface area contributed by atoms with E-state index in [-0.39, 0.29) is 22.3 Å². The zero-order valence-corrected chi connectivity index (χ0v) is 16.6. The Labute approximate surface area is 173 Å². The van der Waals surface area contributed by atoms with Gasteiger partial charge in [0.05, 0.1) is 33.0 Å². The molecule has 0 radical (unpaired) electrons. The van der Waals surface area contributed by atoms with Gasteiger partial charge in [0.1, 0.15) is 0 Å². The molecular formula is C17H15Cl3F3N3O2. The molecule has 1 heterocycles. The molecule has 0 saturated heterocycles. The van der Waals surface area contributed by atoms with Crippen LogP contribution in [0.25, 0.3) is 0 Å². The number of aliphatic hydroxyl groups is 1. The monoisotopic (exact) mass is 455 g/mol. The molecule has 0 aliphatic carbocycles. The molecule has 28 heavy (non-hydrogen) atoms. The molecule has 2 rings (SSSR count). The third-order valence-electron chi connectivity index (χ3n) is 3.80. The predicted octanol–water partition coefficient (Wildman–Crippen LogP) is 4.54. The Bertz CT molecular complexity index is 836. The largest absolute Gasteiger partial charge is 0.421 e. The lowest BCUT2D eigenvalue weighted by atomic mass is 9.95. The molecule has 5 nitrogen and oxygen atoms in total. The predicted molar refractivity (Wildman–Crippen MR) is 102 cm³/mol. The number of benzene rings is 1. The van der Waals surface area contributed by atoms with Crippen molar-refractivity contribution in [3.05, 3.63) is 56.8 Å². The van der Waals surface area contributed by atoms with Crippen LogP contribution in [-0.4, -0.2) is 28.7 Å². The Morgan fingerprint density at radius 1 is 1.18 bits per heavy atom. The quantitative estimate of drug-likeness (QED) is 0.597. The minimum atomic E-state index is -4.93. The fourth-order valence-corrected chi connectivity index (χ4v) is 2.83. The molecule has 0 bridgehead atoms. The van der Waals surface area contributed by atoms with E-state index >= 15 is 0 Å². The van der Waals surface area contributed by atoms with E-state index in [0.717, 1.165) is 12.1 Å². The second-order valence-corrected chi connectivity index (χ2v) is 7.26. The molecule has 11 heteroatoms. The number of pyridine rings is 1. The van der Waals surface area contributed by atoms with E-state index < -0.39 is 23.2 Å². The van der Waals surface area contributed by atoms with Crippen molar-refractivity contribution in [2.75, 3.05) is 11.9 Å². The summed E-state index contributed by atoms with van der Waals surface area (Å²) in [5, 5.41) is 15.0. The lowest BCUT2D eigenvalue weighted by molar-refractivity contribution is -0.258. The van der Waals surface area contributed by atoms with Gasteiger partial charge in [0.2, 0.25) is 5.91 Å². The van der Waals surface area contributed by atoms with Crippen LogP contribution >= 0.6 is 34.8 Å². The van der Waals surface area contributed by atoms with Crippen LogP contribution in [0.4, 0.5) is 18.9 Å². The van der Waals surface area contributed by atoms with Gasteiger partial charge in [-0.25, -0.2) is 0 Å². The van der Waals surface area contributed by atoms with E-state index in [0.29, 0.717) is 24.2 Å². The van der Waals surface area contributed by atoms with Gasteiger partial charge in [-0.15, -0.1) is 0 Å². The summed E-state index contributed by atoms with van der Waals surface area (Å²) in [5.74, 6) is -0.520. The number of hydrogen-bond donors (Lipinski definition) is 3. The Balaban J connectivity index is 2.03. The summed E-state index contributed by atoms with van der Waals surface area (Å²) >= 11 is 17.6. The summed E-state index contributed by atoms with van der Waals surface area (Å²) in [4.78, 5) is 16.1. The van der Waals surface area contributed by atoms with Crippen LogP contribution in [0.2, 0.25) is 15.1 Å². The van der Waals surface area contributed by atoms with Gasteiger partial charge < -0.3 is 15.7 Å². The molecule has 1 atom stereocenters. The summed E-state index contributed by atoms with van der Waals surface area (Å²) in [5.41, 5.74) is -3.08. The molecule has 1 aromatic carbocycles. The zero-order valence-electron chi connectivity index (χ0n) is 14.4. The number of nitrogens with one attached hydrogen (secondary N) is 2. The van der Waals surface area contributed by atoms with Crippen molar-refractivity contribution in [2.45, 2.75) is 25.2 Å². The van der Waals surface area contributed by atoms with Crippen LogP contribution in [-0.2, 0) is 16.9 Å². The summed E-state index contributed by atoms with van der Waals surface area (Å²) in [6.45, 7) is 0.750. The highest BCUT2D eigenvalue weighted by Gasteiger charge is 2.51. The van der Waals surface area contributed by atoms with E-state index in [1.807, 2.05) is 0 Å². The third kappa shape index (κ3) is 5.48. The Kier molecular flexibility index (Phi) is 7.17. The molecule has 2 aromatic rings. The number of hydrogen-bond acceptors (Lipinski definition) is 4. The number of anilines is 1. The first kappa shape index (κ1) is 22.7. The topological polar surface area (TPSA) is 74.2 Å². The van der Waals surface area contributed by atoms with Gasteiger partial charge in [-0.3, -0.25) is 9.78 Å². The lowest BCUT2D eigenvalue weighted by Gasteiger charge is -2.27. The van der Waals surface area contributed by atoms with Crippen molar-refractivity contribution < 1.29 is 23.1 Å². The number of rotatable bonds is 6. The number of aromatic nitrogens is 1. The van der Waals surface area contributed by atoms with Crippen molar-refractivity contribution in [1.82, 2.24) is 10.3 Å². The van der Waals surface area contributed by atoms with Crippen molar-refractivity contribution in [3.63, 3.8) is 0 Å². The first-order valence-electron chi connectivity index (χ1n) is 7.81. The number of amides is 1. The minimum absolute atomic E-state index is 0.0542. The maximum Gasteiger partial charge on any atom is 0.421 e. The highest BCUT2D eigenvalue weighted by molar-refractivity contribution is 6.40. The number of carbonyl (C=O) groups is 1.